The van der Waals surface area contributed by atoms with Gasteiger partial charge in [-0.1, -0.05) is 42.6 Å². The molecule has 3 N–H and O–H groups in total. The van der Waals surface area contributed by atoms with E-state index in [4.69, 9.17) is 17.3 Å². The minimum absolute atomic E-state index is 0.543. The zero-order valence-corrected chi connectivity index (χ0v) is 10.9. The number of aromatic nitrogens is 2. The molecule has 1 heterocycles. The molecule has 1 aliphatic carbocycles. The lowest BCUT2D eigenvalue weighted by Crippen LogP contribution is -1.96. The maximum absolute atomic E-state index is 6.27. The van der Waals surface area contributed by atoms with Crippen LogP contribution in [0, 0.1) is 0 Å². The molecular weight excluding hydrogens is 246 g/mol. The highest BCUT2D eigenvalue weighted by Gasteiger charge is 2.25. The number of aromatic amines is 1. The van der Waals surface area contributed by atoms with E-state index < -0.39 is 0 Å². The van der Waals surface area contributed by atoms with E-state index in [0.717, 1.165) is 21.8 Å². The second kappa shape index (κ2) is 4.65. The third-order valence-corrected chi connectivity index (χ3v) is 4.06. The Morgan fingerprint density at radius 3 is 2.67 bits per heavy atom. The number of hydrogen-bond acceptors (Lipinski definition) is 2. The fraction of sp³-hybridized carbons (Fsp3) is 0.357. The Morgan fingerprint density at radius 2 is 1.94 bits per heavy atom. The van der Waals surface area contributed by atoms with Crippen molar-refractivity contribution < 1.29 is 0 Å². The van der Waals surface area contributed by atoms with Crippen LogP contribution in [-0.2, 0) is 0 Å². The monoisotopic (exact) mass is 261 g/mol. The van der Waals surface area contributed by atoms with Crippen LogP contribution in [0.4, 0.5) is 5.82 Å². The highest BCUT2D eigenvalue weighted by molar-refractivity contribution is 6.33. The van der Waals surface area contributed by atoms with Gasteiger partial charge in [-0.25, -0.2) is 0 Å². The maximum Gasteiger partial charge on any atom is 0.153 e. The maximum atomic E-state index is 6.27. The zero-order valence-electron chi connectivity index (χ0n) is 10.1. The van der Waals surface area contributed by atoms with Crippen LogP contribution in [0.3, 0.4) is 0 Å². The molecule has 1 saturated carbocycles. The van der Waals surface area contributed by atoms with Gasteiger partial charge in [0.15, 0.2) is 5.82 Å². The summed E-state index contributed by atoms with van der Waals surface area (Å²) in [6.45, 7) is 0. The summed E-state index contributed by atoms with van der Waals surface area (Å²) in [5.41, 5.74) is 9.13. The van der Waals surface area contributed by atoms with Gasteiger partial charge in [-0.15, -0.1) is 0 Å². The second-order valence-electron chi connectivity index (χ2n) is 4.86. The lowest BCUT2D eigenvalue weighted by Gasteiger charge is -2.11. The van der Waals surface area contributed by atoms with Gasteiger partial charge in [-0.2, -0.15) is 5.10 Å². The average Bonchev–Trinajstić information content (AvgIpc) is 2.99. The molecule has 0 spiro atoms. The summed E-state index contributed by atoms with van der Waals surface area (Å²) >= 11 is 6.27. The molecule has 0 bridgehead atoms. The van der Waals surface area contributed by atoms with Crippen molar-refractivity contribution in [1.29, 1.82) is 0 Å². The third-order valence-electron chi connectivity index (χ3n) is 3.73. The van der Waals surface area contributed by atoms with Crippen LogP contribution in [0.1, 0.15) is 37.3 Å². The highest BCUT2D eigenvalue weighted by Crippen LogP contribution is 2.42. The van der Waals surface area contributed by atoms with E-state index in [9.17, 15) is 0 Å². The Bertz CT molecular complexity index is 556. The molecule has 18 heavy (non-hydrogen) atoms. The SMILES string of the molecule is Nc1n[nH]c(C2CCCC2)c1-c1ccccc1Cl. The number of nitrogen functional groups attached to an aromatic ring is 1. The quantitative estimate of drug-likeness (QED) is 0.859. The standard InChI is InChI=1S/C14H16ClN3/c15-11-8-4-3-7-10(11)12-13(17-18-14(12)16)9-5-1-2-6-9/h3-4,7-9H,1-2,5-6H2,(H3,16,17,18). The van der Waals surface area contributed by atoms with Crippen LogP contribution >= 0.6 is 11.6 Å². The molecule has 1 aromatic heterocycles. The molecule has 2 aromatic rings. The summed E-state index contributed by atoms with van der Waals surface area (Å²) in [5, 5.41) is 8.01. The largest absolute Gasteiger partial charge is 0.382 e. The van der Waals surface area contributed by atoms with Crippen LogP contribution in [0.15, 0.2) is 24.3 Å². The van der Waals surface area contributed by atoms with Gasteiger partial charge < -0.3 is 5.73 Å². The van der Waals surface area contributed by atoms with Crippen LogP contribution in [-0.4, -0.2) is 10.2 Å². The molecule has 0 unspecified atom stereocenters. The first-order chi connectivity index (χ1) is 8.77. The Morgan fingerprint density at radius 1 is 1.22 bits per heavy atom. The molecule has 0 atom stereocenters. The van der Waals surface area contributed by atoms with Crippen molar-refractivity contribution >= 4 is 17.4 Å². The zero-order chi connectivity index (χ0) is 12.5. The number of anilines is 1. The first kappa shape index (κ1) is 11.6. The van der Waals surface area contributed by atoms with Gasteiger partial charge in [0.05, 0.1) is 0 Å². The second-order valence-corrected chi connectivity index (χ2v) is 5.27. The lowest BCUT2D eigenvalue weighted by atomic mass is 9.95. The number of hydrogen-bond donors (Lipinski definition) is 2. The van der Waals surface area contributed by atoms with E-state index in [0.29, 0.717) is 11.7 Å². The third kappa shape index (κ3) is 1.89. The lowest BCUT2D eigenvalue weighted by molar-refractivity contribution is 0.694. The van der Waals surface area contributed by atoms with Crippen LogP contribution < -0.4 is 5.73 Å². The normalized spacial score (nSPS) is 16.3. The van der Waals surface area contributed by atoms with Crippen LogP contribution in [0.5, 0.6) is 0 Å². The van der Waals surface area contributed by atoms with Crippen molar-refractivity contribution in [2.75, 3.05) is 5.73 Å². The fourth-order valence-corrected chi connectivity index (χ4v) is 3.06. The molecular formula is C14H16ClN3. The first-order valence-corrected chi connectivity index (χ1v) is 6.74. The summed E-state index contributed by atoms with van der Waals surface area (Å²) in [5.74, 6) is 1.09. The van der Waals surface area contributed by atoms with E-state index in [-0.39, 0.29) is 0 Å². The predicted octanol–water partition coefficient (Wildman–Crippen LogP) is 3.97. The number of H-pyrrole nitrogens is 1. The van der Waals surface area contributed by atoms with Crippen molar-refractivity contribution in [3.63, 3.8) is 0 Å². The molecule has 3 rings (SSSR count). The highest BCUT2D eigenvalue weighted by atomic mass is 35.5. The average molecular weight is 262 g/mol. The summed E-state index contributed by atoms with van der Waals surface area (Å²) in [6, 6.07) is 7.80. The van der Waals surface area contributed by atoms with Crippen molar-refractivity contribution in [3.8, 4) is 11.1 Å². The fourth-order valence-electron chi connectivity index (χ4n) is 2.83. The minimum Gasteiger partial charge on any atom is -0.382 e. The van der Waals surface area contributed by atoms with E-state index in [2.05, 4.69) is 10.2 Å². The van der Waals surface area contributed by atoms with Crippen molar-refractivity contribution in [3.05, 3.63) is 35.0 Å². The number of halogens is 1. The van der Waals surface area contributed by atoms with Crippen LogP contribution in [0.25, 0.3) is 11.1 Å². The van der Waals surface area contributed by atoms with Gasteiger partial charge in [0.25, 0.3) is 0 Å². The smallest absolute Gasteiger partial charge is 0.153 e. The number of nitrogens with two attached hydrogens (primary N) is 1. The van der Waals surface area contributed by atoms with E-state index in [1.807, 2.05) is 24.3 Å². The minimum atomic E-state index is 0.543. The Balaban J connectivity index is 2.11. The van der Waals surface area contributed by atoms with E-state index in [1.54, 1.807) is 0 Å². The van der Waals surface area contributed by atoms with Crippen molar-refractivity contribution in [1.82, 2.24) is 10.2 Å². The number of nitrogens with one attached hydrogen (secondary N) is 1. The van der Waals surface area contributed by atoms with Gasteiger partial charge in [-0.05, 0) is 18.9 Å². The molecule has 0 saturated heterocycles. The van der Waals surface area contributed by atoms with Gasteiger partial charge in [0.2, 0.25) is 0 Å². The molecule has 94 valence electrons. The molecule has 4 heteroatoms. The van der Waals surface area contributed by atoms with Crippen LogP contribution in [0.2, 0.25) is 5.02 Å². The van der Waals surface area contributed by atoms with E-state index >= 15 is 0 Å². The molecule has 3 nitrogen and oxygen atoms in total. The van der Waals surface area contributed by atoms with Crippen molar-refractivity contribution in [2.45, 2.75) is 31.6 Å². The molecule has 0 radical (unpaired) electrons. The molecule has 0 amide bonds. The molecule has 0 aliphatic heterocycles. The van der Waals surface area contributed by atoms with Gasteiger partial charge in [0.1, 0.15) is 0 Å². The van der Waals surface area contributed by atoms with Gasteiger partial charge in [-0.3, -0.25) is 5.10 Å². The van der Waals surface area contributed by atoms with Gasteiger partial charge in [0, 0.05) is 27.8 Å². The number of benzene rings is 1. The summed E-state index contributed by atoms with van der Waals surface area (Å²) in [4.78, 5) is 0. The Labute approximate surface area is 111 Å². The molecule has 1 aliphatic rings. The van der Waals surface area contributed by atoms with Gasteiger partial charge >= 0.3 is 0 Å². The van der Waals surface area contributed by atoms with Crippen molar-refractivity contribution in [2.24, 2.45) is 0 Å². The Hall–Kier alpha value is -1.48. The summed E-state index contributed by atoms with van der Waals surface area (Å²) < 4.78 is 0. The predicted molar refractivity (Wildman–Crippen MR) is 74.7 cm³/mol. The molecule has 1 fully saturated rings. The summed E-state index contributed by atoms with van der Waals surface area (Å²) in [6.07, 6.45) is 4.98. The summed E-state index contributed by atoms with van der Waals surface area (Å²) in [7, 11) is 0. The number of rotatable bonds is 2. The Kier molecular flexibility index (Phi) is 3.00. The van der Waals surface area contributed by atoms with E-state index in [1.165, 1.54) is 25.7 Å². The first-order valence-electron chi connectivity index (χ1n) is 6.36. The number of nitrogens with zero attached hydrogens (tertiary/aromatic N) is 1. The topological polar surface area (TPSA) is 54.7 Å². The molecule has 1 aromatic carbocycles.